The molecule has 0 aliphatic rings. The Morgan fingerprint density at radius 3 is 1.32 bits per heavy atom. The molecule has 0 aliphatic carbocycles. The Hall–Kier alpha value is -3.66. The summed E-state index contributed by atoms with van der Waals surface area (Å²) in [5, 5.41) is 21.4. The van der Waals surface area contributed by atoms with Crippen LogP contribution < -0.4 is 9.47 Å². The SMILES string of the molecule is Oc1ccc(O)c2cc(OCc3ccccc3)c(OCc3ccccc3)cc12. The summed E-state index contributed by atoms with van der Waals surface area (Å²) in [5.41, 5.74) is 2.05. The lowest BCUT2D eigenvalue weighted by Crippen LogP contribution is -2.01. The molecule has 4 aromatic carbocycles. The number of phenolic OH excluding ortho intramolecular Hbond substituents is 2. The number of hydrogen-bond donors (Lipinski definition) is 2. The van der Waals surface area contributed by atoms with Gasteiger partial charge in [0.2, 0.25) is 0 Å². The first-order valence-corrected chi connectivity index (χ1v) is 9.03. The van der Waals surface area contributed by atoms with Crippen LogP contribution in [0, 0.1) is 0 Å². The monoisotopic (exact) mass is 372 g/mol. The molecular formula is C24H20O4. The molecule has 0 spiro atoms. The Balaban J connectivity index is 1.68. The fourth-order valence-electron chi connectivity index (χ4n) is 3.02. The van der Waals surface area contributed by atoms with Gasteiger partial charge in [-0.15, -0.1) is 0 Å². The van der Waals surface area contributed by atoms with Crippen molar-refractivity contribution in [2.75, 3.05) is 0 Å². The maximum atomic E-state index is 10.2. The topological polar surface area (TPSA) is 58.9 Å². The molecule has 4 aromatic rings. The highest BCUT2D eigenvalue weighted by molar-refractivity contribution is 5.95. The Labute approximate surface area is 163 Å². The van der Waals surface area contributed by atoms with Crippen LogP contribution in [-0.2, 0) is 13.2 Å². The van der Waals surface area contributed by atoms with Crippen molar-refractivity contribution >= 4 is 10.8 Å². The molecule has 4 heteroatoms. The lowest BCUT2D eigenvalue weighted by Gasteiger charge is -2.15. The third-order valence-corrected chi connectivity index (χ3v) is 4.51. The van der Waals surface area contributed by atoms with Gasteiger partial charge in [-0.2, -0.15) is 0 Å². The van der Waals surface area contributed by atoms with Crippen molar-refractivity contribution in [3.8, 4) is 23.0 Å². The van der Waals surface area contributed by atoms with E-state index in [9.17, 15) is 10.2 Å². The van der Waals surface area contributed by atoms with E-state index >= 15 is 0 Å². The van der Waals surface area contributed by atoms with Gasteiger partial charge in [-0.25, -0.2) is 0 Å². The minimum absolute atomic E-state index is 0.0759. The fraction of sp³-hybridized carbons (Fsp3) is 0.0833. The summed E-state index contributed by atoms with van der Waals surface area (Å²) < 4.78 is 12.0. The molecule has 0 radical (unpaired) electrons. The maximum absolute atomic E-state index is 10.2. The van der Waals surface area contributed by atoms with Crippen LogP contribution in [0.1, 0.15) is 11.1 Å². The smallest absolute Gasteiger partial charge is 0.162 e. The molecule has 0 fully saturated rings. The highest BCUT2D eigenvalue weighted by Gasteiger charge is 2.13. The first-order valence-electron chi connectivity index (χ1n) is 9.03. The van der Waals surface area contributed by atoms with Crippen molar-refractivity contribution in [1.29, 1.82) is 0 Å². The average molecular weight is 372 g/mol. The van der Waals surface area contributed by atoms with Crippen molar-refractivity contribution in [3.05, 3.63) is 96.1 Å². The predicted molar refractivity (Wildman–Crippen MR) is 109 cm³/mol. The van der Waals surface area contributed by atoms with E-state index < -0.39 is 0 Å². The van der Waals surface area contributed by atoms with Gasteiger partial charge in [-0.05, 0) is 35.4 Å². The van der Waals surface area contributed by atoms with Crippen LogP contribution in [-0.4, -0.2) is 10.2 Å². The van der Waals surface area contributed by atoms with Crippen molar-refractivity contribution in [1.82, 2.24) is 0 Å². The Morgan fingerprint density at radius 1 is 0.536 bits per heavy atom. The molecular weight excluding hydrogens is 352 g/mol. The Morgan fingerprint density at radius 2 is 0.929 bits per heavy atom. The number of aromatic hydroxyl groups is 2. The van der Waals surface area contributed by atoms with E-state index in [0.29, 0.717) is 35.5 Å². The summed E-state index contributed by atoms with van der Waals surface area (Å²) in [7, 11) is 0. The van der Waals surface area contributed by atoms with Crippen LogP contribution in [0.4, 0.5) is 0 Å². The minimum atomic E-state index is 0.0759. The molecule has 0 aliphatic heterocycles. The summed E-state index contributed by atoms with van der Waals surface area (Å²) in [6.45, 7) is 0.737. The van der Waals surface area contributed by atoms with E-state index in [1.165, 1.54) is 12.1 Å². The van der Waals surface area contributed by atoms with Crippen LogP contribution in [0.15, 0.2) is 84.9 Å². The molecule has 0 heterocycles. The third-order valence-electron chi connectivity index (χ3n) is 4.51. The highest BCUT2D eigenvalue weighted by atomic mass is 16.5. The first-order chi connectivity index (χ1) is 13.7. The second-order valence-corrected chi connectivity index (χ2v) is 6.50. The molecule has 0 saturated heterocycles. The number of rotatable bonds is 6. The largest absolute Gasteiger partial charge is 0.507 e. The van der Waals surface area contributed by atoms with Gasteiger partial charge in [0.05, 0.1) is 0 Å². The van der Waals surface area contributed by atoms with Gasteiger partial charge in [0, 0.05) is 10.8 Å². The summed E-state index contributed by atoms with van der Waals surface area (Å²) in [6, 6.07) is 26.0. The molecule has 2 N–H and O–H groups in total. The van der Waals surface area contributed by atoms with Gasteiger partial charge in [0.1, 0.15) is 24.7 Å². The summed E-state index contributed by atoms with van der Waals surface area (Å²) in [5.74, 6) is 1.17. The molecule has 0 amide bonds. The molecule has 0 bridgehead atoms. The Bertz CT molecular complexity index is 988. The highest BCUT2D eigenvalue weighted by Crippen LogP contribution is 2.40. The number of ether oxygens (including phenoxy) is 2. The fourth-order valence-corrected chi connectivity index (χ4v) is 3.02. The van der Waals surface area contributed by atoms with Gasteiger partial charge in [-0.1, -0.05) is 60.7 Å². The number of phenols is 2. The number of fused-ring (bicyclic) bond motifs is 1. The zero-order chi connectivity index (χ0) is 19.3. The van der Waals surface area contributed by atoms with Crippen molar-refractivity contribution < 1.29 is 19.7 Å². The lowest BCUT2D eigenvalue weighted by atomic mass is 10.1. The Kier molecular flexibility index (Phi) is 5.02. The van der Waals surface area contributed by atoms with Gasteiger partial charge >= 0.3 is 0 Å². The zero-order valence-electron chi connectivity index (χ0n) is 15.2. The van der Waals surface area contributed by atoms with E-state index in [0.717, 1.165) is 11.1 Å². The zero-order valence-corrected chi connectivity index (χ0v) is 15.2. The normalized spacial score (nSPS) is 10.7. The van der Waals surface area contributed by atoms with Crippen LogP contribution in [0.2, 0.25) is 0 Å². The van der Waals surface area contributed by atoms with Crippen molar-refractivity contribution in [2.24, 2.45) is 0 Å². The van der Waals surface area contributed by atoms with Crippen molar-refractivity contribution in [3.63, 3.8) is 0 Å². The molecule has 0 atom stereocenters. The van der Waals surface area contributed by atoms with Crippen LogP contribution >= 0.6 is 0 Å². The van der Waals surface area contributed by atoms with Gasteiger partial charge in [0.25, 0.3) is 0 Å². The van der Waals surface area contributed by atoms with Crippen LogP contribution in [0.25, 0.3) is 10.8 Å². The van der Waals surface area contributed by atoms with E-state index in [-0.39, 0.29) is 11.5 Å². The molecule has 0 saturated carbocycles. The summed E-state index contributed by atoms with van der Waals surface area (Å²) in [6.07, 6.45) is 0. The minimum Gasteiger partial charge on any atom is -0.507 e. The summed E-state index contributed by atoms with van der Waals surface area (Å²) in [4.78, 5) is 0. The quantitative estimate of drug-likeness (QED) is 0.444. The molecule has 4 rings (SSSR count). The van der Waals surface area contributed by atoms with E-state index in [1.807, 2.05) is 60.7 Å². The van der Waals surface area contributed by atoms with Gasteiger partial charge < -0.3 is 19.7 Å². The van der Waals surface area contributed by atoms with E-state index in [4.69, 9.17) is 9.47 Å². The summed E-state index contributed by atoms with van der Waals surface area (Å²) >= 11 is 0. The molecule has 0 aromatic heterocycles. The maximum Gasteiger partial charge on any atom is 0.162 e. The standard InChI is InChI=1S/C24H20O4/c25-21-11-12-22(26)20-14-24(28-16-18-9-5-2-6-10-18)23(13-19(20)21)27-15-17-7-3-1-4-8-17/h1-14,25-26H,15-16H2. The number of benzene rings is 4. The molecule has 4 nitrogen and oxygen atoms in total. The first kappa shape index (κ1) is 17.7. The van der Waals surface area contributed by atoms with Crippen LogP contribution in [0.3, 0.4) is 0 Å². The second kappa shape index (κ2) is 7.92. The van der Waals surface area contributed by atoms with Crippen LogP contribution in [0.5, 0.6) is 23.0 Å². The average Bonchev–Trinajstić information content (AvgIpc) is 2.75. The molecule has 28 heavy (non-hydrogen) atoms. The van der Waals surface area contributed by atoms with E-state index in [1.54, 1.807) is 12.1 Å². The molecule has 0 unspecified atom stereocenters. The van der Waals surface area contributed by atoms with Gasteiger partial charge in [-0.3, -0.25) is 0 Å². The van der Waals surface area contributed by atoms with E-state index in [2.05, 4.69) is 0 Å². The predicted octanol–water partition coefficient (Wildman–Crippen LogP) is 5.41. The molecule has 140 valence electrons. The number of hydrogen-bond acceptors (Lipinski definition) is 4. The van der Waals surface area contributed by atoms with Gasteiger partial charge in [0.15, 0.2) is 11.5 Å². The second-order valence-electron chi connectivity index (χ2n) is 6.50. The third kappa shape index (κ3) is 3.86. The lowest BCUT2D eigenvalue weighted by molar-refractivity contribution is 0.256. The van der Waals surface area contributed by atoms with Crippen molar-refractivity contribution in [2.45, 2.75) is 13.2 Å².